The highest BCUT2D eigenvalue weighted by molar-refractivity contribution is 9.10. The van der Waals surface area contributed by atoms with E-state index in [0.717, 1.165) is 15.4 Å². The van der Waals surface area contributed by atoms with Gasteiger partial charge >= 0.3 is 0 Å². The Bertz CT molecular complexity index is 772. The predicted molar refractivity (Wildman–Crippen MR) is 90.9 cm³/mol. The molecule has 0 aliphatic rings. The van der Waals surface area contributed by atoms with Crippen molar-refractivity contribution in [3.63, 3.8) is 0 Å². The van der Waals surface area contributed by atoms with E-state index in [-0.39, 0.29) is 11.3 Å². The number of aromatic nitrogens is 1. The molecule has 1 N–H and O–H groups in total. The molecule has 0 aliphatic carbocycles. The third-order valence-corrected chi connectivity index (χ3v) is 4.34. The van der Waals surface area contributed by atoms with Gasteiger partial charge in [0.05, 0.1) is 11.1 Å². The number of sulfonamides is 1. The molecule has 2 rings (SSSR count). The monoisotopic (exact) mass is 384 g/mol. The molecule has 0 radical (unpaired) electrons. The molecule has 118 valence electrons. The first-order chi connectivity index (χ1) is 10.2. The van der Waals surface area contributed by atoms with Crippen LogP contribution in [-0.4, -0.2) is 13.6 Å². The lowest BCUT2D eigenvalue weighted by atomic mass is 9.92. The molecule has 1 aromatic carbocycles. The predicted octanol–water partition coefficient (Wildman–Crippen LogP) is 4.15. The maximum Gasteiger partial charge on any atom is 0.257 e. The van der Waals surface area contributed by atoms with Gasteiger partial charge in [0.2, 0.25) is 5.88 Å². The summed E-state index contributed by atoms with van der Waals surface area (Å²) in [4.78, 5) is 0. The summed E-state index contributed by atoms with van der Waals surface area (Å²) in [6, 6.07) is 8.88. The van der Waals surface area contributed by atoms with Gasteiger partial charge in [-0.1, -0.05) is 54.0 Å². The van der Waals surface area contributed by atoms with Crippen molar-refractivity contribution in [3.8, 4) is 0 Å². The average molecular weight is 385 g/mol. The van der Waals surface area contributed by atoms with Crippen molar-refractivity contribution in [1.82, 2.24) is 5.16 Å². The molecule has 5 nitrogen and oxygen atoms in total. The number of nitrogens with zero attached hydrogens (tertiary/aromatic N) is 1. The number of benzene rings is 1. The minimum absolute atomic E-state index is 0.102. The Morgan fingerprint density at radius 1 is 1.23 bits per heavy atom. The van der Waals surface area contributed by atoms with Crippen molar-refractivity contribution in [2.24, 2.45) is 0 Å². The Kier molecular flexibility index (Phi) is 4.77. The summed E-state index contributed by atoms with van der Waals surface area (Å²) in [5, 5.41) is 4.96. The van der Waals surface area contributed by atoms with E-state index in [1.165, 1.54) is 6.08 Å². The standard InChI is InChI=1S/C15H17BrN2O3S/c1-15(2,3)13-10-14(21-17-13)18-22(19,20)9-8-11-4-6-12(16)7-5-11/h4-10,18H,1-3H3. The maximum absolute atomic E-state index is 12.0. The maximum atomic E-state index is 12.0. The van der Waals surface area contributed by atoms with Crippen molar-refractivity contribution in [3.05, 3.63) is 51.5 Å². The highest BCUT2D eigenvalue weighted by atomic mass is 79.9. The van der Waals surface area contributed by atoms with Gasteiger partial charge < -0.3 is 4.52 Å². The van der Waals surface area contributed by atoms with Gasteiger partial charge in [0.15, 0.2) is 0 Å². The van der Waals surface area contributed by atoms with Crippen molar-refractivity contribution in [1.29, 1.82) is 0 Å². The average Bonchev–Trinajstić information content (AvgIpc) is 2.86. The van der Waals surface area contributed by atoms with Gasteiger partial charge in [0, 0.05) is 16.0 Å². The normalized spacial score (nSPS) is 12.7. The quantitative estimate of drug-likeness (QED) is 0.858. The molecule has 0 saturated carbocycles. The fourth-order valence-electron chi connectivity index (χ4n) is 1.59. The molecule has 0 unspecified atom stereocenters. The Hall–Kier alpha value is -1.60. The summed E-state index contributed by atoms with van der Waals surface area (Å²) in [6.07, 6.45) is 1.51. The fraction of sp³-hybridized carbons (Fsp3) is 0.267. The van der Waals surface area contributed by atoms with Crippen LogP contribution in [0, 0.1) is 0 Å². The zero-order chi connectivity index (χ0) is 16.4. The van der Waals surface area contributed by atoms with Crippen LogP contribution in [0.2, 0.25) is 0 Å². The van der Waals surface area contributed by atoms with E-state index in [9.17, 15) is 8.42 Å². The van der Waals surface area contributed by atoms with Gasteiger partial charge in [0.1, 0.15) is 0 Å². The molecule has 0 saturated heterocycles. The van der Waals surface area contributed by atoms with E-state index in [1.54, 1.807) is 6.07 Å². The summed E-state index contributed by atoms with van der Waals surface area (Å²) < 4.78 is 32.3. The van der Waals surface area contributed by atoms with Crippen LogP contribution in [0.4, 0.5) is 5.88 Å². The van der Waals surface area contributed by atoms with Gasteiger partial charge in [-0.05, 0) is 23.8 Å². The Balaban J connectivity index is 2.11. The van der Waals surface area contributed by atoms with Gasteiger partial charge in [-0.3, -0.25) is 0 Å². The smallest absolute Gasteiger partial charge is 0.257 e. The van der Waals surface area contributed by atoms with E-state index < -0.39 is 10.0 Å². The number of rotatable bonds is 4. The van der Waals surface area contributed by atoms with Gasteiger partial charge in [-0.15, -0.1) is 0 Å². The van der Waals surface area contributed by atoms with Crippen molar-refractivity contribution < 1.29 is 12.9 Å². The van der Waals surface area contributed by atoms with Crippen LogP contribution in [-0.2, 0) is 15.4 Å². The lowest BCUT2D eigenvalue weighted by molar-refractivity contribution is 0.405. The molecule has 2 aromatic rings. The van der Waals surface area contributed by atoms with Crippen LogP contribution >= 0.6 is 15.9 Å². The van der Waals surface area contributed by atoms with E-state index in [4.69, 9.17) is 4.52 Å². The first kappa shape index (κ1) is 16.8. The van der Waals surface area contributed by atoms with Gasteiger partial charge in [-0.25, -0.2) is 13.1 Å². The molecule has 0 bridgehead atoms. The molecule has 0 amide bonds. The molecule has 0 aliphatic heterocycles. The van der Waals surface area contributed by atoms with Gasteiger partial charge in [0.25, 0.3) is 10.0 Å². The fourth-order valence-corrected chi connectivity index (χ4v) is 2.64. The van der Waals surface area contributed by atoms with Crippen LogP contribution in [0.5, 0.6) is 0 Å². The molecule has 0 fully saturated rings. The minimum Gasteiger partial charge on any atom is -0.338 e. The second kappa shape index (κ2) is 6.26. The van der Waals surface area contributed by atoms with Crippen LogP contribution in [0.3, 0.4) is 0 Å². The van der Waals surface area contributed by atoms with Crippen LogP contribution in [0.25, 0.3) is 6.08 Å². The lowest BCUT2D eigenvalue weighted by Crippen LogP contribution is -2.11. The van der Waals surface area contributed by atoms with Crippen molar-refractivity contribution in [2.75, 3.05) is 4.72 Å². The summed E-state index contributed by atoms with van der Waals surface area (Å²) in [7, 11) is -3.65. The van der Waals surface area contributed by atoms with Crippen LogP contribution in [0.1, 0.15) is 32.0 Å². The first-order valence-electron chi connectivity index (χ1n) is 6.59. The number of nitrogens with one attached hydrogen (secondary N) is 1. The van der Waals surface area contributed by atoms with Crippen LogP contribution < -0.4 is 4.72 Å². The molecule has 1 heterocycles. The summed E-state index contributed by atoms with van der Waals surface area (Å²) >= 11 is 3.32. The van der Waals surface area contributed by atoms with Crippen molar-refractivity contribution in [2.45, 2.75) is 26.2 Å². The molecule has 0 spiro atoms. The van der Waals surface area contributed by atoms with E-state index in [1.807, 2.05) is 45.0 Å². The Labute approximate surface area is 138 Å². The third kappa shape index (κ3) is 4.71. The highest BCUT2D eigenvalue weighted by Gasteiger charge is 2.20. The summed E-state index contributed by atoms with van der Waals surface area (Å²) in [5.41, 5.74) is 1.25. The molecule has 22 heavy (non-hydrogen) atoms. The molecule has 1 aromatic heterocycles. The lowest BCUT2D eigenvalue weighted by Gasteiger charge is -2.12. The number of hydrogen-bond acceptors (Lipinski definition) is 4. The van der Waals surface area contributed by atoms with Crippen LogP contribution in [0.15, 0.2) is 44.7 Å². The Morgan fingerprint density at radius 3 is 2.41 bits per heavy atom. The zero-order valence-electron chi connectivity index (χ0n) is 12.5. The van der Waals surface area contributed by atoms with E-state index in [2.05, 4.69) is 25.8 Å². The molecular formula is C15H17BrN2O3S. The Morgan fingerprint density at radius 2 is 1.86 bits per heavy atom. The largest absolute Gasteiger partial charge is 0.338 e. The second-order valence-corrected chi connectivity index (χ2v) is 8.31. The minimum atomic E-state index is -3.65. The molecule has 0 atom stereocenters. The van der Waals surface area contributed by atoms with Crippen molar-refractivity contribution >= 4 is 37.9 Å². The van der Waals surface area contributed by atoms with Gasteiger partial charge in [-0.2, -0.15) is 0 Å². The van der Waals surface area contributed by atoms with E-state index >= 15 is 0 Å². The van der Waals surface area contributed by atoms with E-state index in [0.29, 0.717) is 5.69 Å². The highest BCUT2D eigenvalue weighted by Crippen LogP contribution is 2.24. The second-order valence-electron chi connectivity index (χ2n) is 5.83. The SMILES string of the molecule is CC(C)(C)c1cc(NS(=O)(=O)C=Cc2ccc(Br)cc2)on1. The zero-order valence-corrected chi connectivity index (χ0v) is 14.9. The first-order valence-corrected chi connectivity index (χ1v) is 8.93. The molecular weight excluding hydrogens is 368 g/mol. The number of halogens is 1. The topological polar surface area (TPSA) is 72.2 Å². The number of anilines is 1. The summed E-state index contributed by atoms with van der Waals surface area (Å²) in [6.45, 7) is 5.91. The third-order valence-electron chi connectivity index (χ3n) is 2.83. The summed E-state index contributed by atoms with van der Waals surface area (Å²) in [5.74, 6) is 0.102. The number of hydrogen-bond donors (Lipinski definition) is 1. The molecule has 7 heteroatoms.